The van der Waals surface area contributed by atoms with Crippen LogP contribution in [-0.4, -0.2) is 24.0 Å². The molecule has 0 aliphatic carbocycles. The van der Waals surface area contributed by atoms with E-state index in [1.54, 1.807) is 23.6 Å². The Hall–Kier alpha value is -1.73. The predicted molar refractivity (Wildman–Crippen MR) is 75.5 cm³/mol. The minimum atomic E-state index is -0.489. The lowest BCUT2D eigenvalue weighted by molar-refractivity contribution is 0.0602. The second kappa shape index (κ2) is 5.94. The van der Waals surface area contributed by atoms with Crippen LogP contribution >= 0.6 is 27.3 Å². The number of amides is 1. The molecule has 5 nitrogen and oxygen atoms in total. The number of nitrogens with one attached hydrogen (secondary N) is 1. The van der Waals surface area contributed by atoms with Gasteiger partial charge in [-0.1, -0.05) is 0 Å². The van der Waals surface area contributed by atoms with Crippen molar-refractivity contribution in [3.05, 3.63) is 45.5 Å². The van der Waals surface area contributed by atoms with Crippen LogP contribution in [0.25, 0.3) is 0 Å². The van der Waals surface area contributed by atoms with Gasteiger partial charge in [0.1, 0.15) is 10.7 Å². The average molecular weight is 341 g/mol. The minimum Gasteiger partial charge on any atom is -0.465 e. The van der Waals surface area contributed by atoms with Crippen molar-refractivity contribution >= 4 is 44.1 Å². The number of thiophene rings is 1. The van der Waals surface area contributed by atoms with E-state index in [9.17, 15) is 9.59 Å². The standard InChI is InChI=1S/C12H9BrN2O3S/c1-18-12(17)7-4-6-19-11(7)15-10(16)9-8(13)3-2-5-14-9/h2-6H,1H3,(H,15,16). The smallest absolute Gasteiger partial charge is 0.340 e. The van der Waals surface area contributed by atoms with Gasteiger partial charge in [-0.3, -0.25) is 4.79 Å². The number of nitrogens with zero attached hydrogens (tertiary/aromatic N) is 1. The topological polar surface area (TPSA) is 68.3 Å². The highest BCUT2D eigenvalue weighted by Crippen LogP contribution is 2.25. The Labute approximate surface area is 121 Å². The van der Waals surface area contributed by atoms with E-state index < -0.39 is 5.97 Å². The Morgan fingerprint density at radius 2 is 2.21 bits per heavy atom. The molecule has 2 aromatic rings. The molecule has 19 heavy (non-hydrogen) atoms. The molecule has 7 heteroatoms. The molecule has 2 heterocycles. The number of ether oxygens (including phenoxy) is 1. The fraction of sp³-hybridized carbons (Fsp3) is 0.0833. The van der Waals surface area contributed by atoms with Crippen LogP contribution < -0.4 is 5.32 Å². The Balaban J connectivity index is 2.23. The van der Waals surface area contributed by atoms with E-state index in [4.69, 9.17) is 0 Å². The van der Waals surface area contributed by atoms with Crippen LogP contribution in [0.15, 0.2) is 34.2 Å². The van der Waals surface area contributed by atoms with Crippen LogP contribution in [0, 0.1) is 0 Å². The van der Waals surface area contributed by atoms with E-state index in [0.717, 1.165) is 0 Å². The van der Waals surface area contributed by atoms with Crippen LogP contribution in [0.4, 0.5) is 5.00 Å². The molecule has 0 bridgehead atoms. The maximum atomic E-state index is 12.0. The van der Waals surface area contributed by atoms with E-state index >= 15 is 0 Å². The van der Waals surface area contributed by atoms with Crippen molar-refractivity contribution in [3.63, 3.8) is 0 Å². The van der Waals surface area contributed by atoms with Crippen molar-refractivity contribution in [3.8, 4) is 0 Å². The molecule has 0 saturated heterocycles. The zero-order valence-corrected chi connectivity index (χ0v) is 12.2. The van der Waals surface area contributed by atoms with Gasteiger partial charge >= 0.3 is 5.97 Å². The SMILES string of the molecule is COC(=O)c1ccsc1NC(=O)c1ncccc1Br. The lowest BCUT2D eigenvalue weighted by Crippen LogP contribution is -2.15. The molecule has 0 fully saturated rings. The number of methoxy groups -OCH3 is 1. The summed E-state index contributed by atoms with van der Waals surface area (Å²) >= 11 is 4.50. The fourth-order valence-electron chi connectivity index (χ4n) is 1.39. The quantitative estimate of drug-likeness (QED) is 0.872. The number of hydrogen-bond donors (Lipinski definition) is 1. The van der Waals surface area contributed by atoms with Crippen LogP contribution in [-0.2, 0) is 4.74 Å². The van der Waals surface area contributed by atoms with Gasteiger partial charge in [-0.15, -0.1) is 11.3 Å². The first-order chi connectivity index (χ1) is 9.13. The summed E-state index contributed by atoms with van der Waals surface area (Å²) in [6.45, 7) is 0. The van der Waals surface area contributed by atoms with Crippen LogP contribution in [0.1, 0.15) is 20.8 Å². The fourth-order valence-corrected chi connectivity index (χ4v) is 2.60. The maximum Gasteiger partial charge on any atom is 0.340 e. The van der Waals surface area contributed by atoms with Crippen LogP contribution in [0.3, 0.4) is 0 Å². The molecule has 0 saturated carbocycles. The molecule has 1 amide bonds. The normalized spacial score (nSPS) is 10.0. The van der Waals surface area contributed by atoms with Crippen molar-refractivity contribution in [2.45, 2.75) is 0 Å². The molecule has 1 N–H and O–H groups in total. The molecule has 0 radical (unpaired) electrons. The van der Waals surface area contributed by atoms with Gasteiger partial charge in [0.15, 0.2) is 0 Å². The number of halogens is 1. The van der Waals surface area contributed by atoms with E-state index in [1.807, 2.05) is 0 Å². The molecular weight excluding hydrogens is 332 g/mol. The van der Waals surface area contributed by atoms with Gasteiger partial charge in [0.25, 0.3) is 5.91 Å². The Bertz CT molecular complexity index is 627. The molecule has 0 atom stereocenters. The molecule has 0 aliphatic rings. The lowest BCUT2D eigenvalue weighted by atomic mass is 10.3. The van der Waals surface area contributed by atoms with E-state index in [1.165, 1.54) is 24.6 Å². The van der Waals surface area contributed by atoms with Gasteiger partial charge < -0.3 is 10.1 Å². The Morgan fingerprint density at radius 1 is 1.42 bits per heavy atom. The second-order valence-corrected chi connectivity index (χ2v) is 5.21. The lowest BCUT2D eigenvalue weighted by Gasteiger charge is -2.05. The summed E-state index contributed by atoms with van der Waals surface area (Å²) in [6.07, 6.45) is 1.52. The summed E-state index contributed by atoms with van der Waals surface area (Å²) in [5, 5.41) is 4.79. The molecule has 0 spiro atoms. The summed E-state index contributed by atoms with van der Waals surface area (Å²) in [5.41, 5.74) is 0.583. The van der Waals surface area contributed by atoms with Crippen molar-refractivity contribution in [1.82, 2.24) is 4.98 Å². The summed E-state index contributed by atoms with van der Waals surface area (Å²) in [6, 6.07) is 5.03. The van der Waals surface area contributed by atoms with Gasteiger partial charge in [-0.2, -0.15) is 0 Å². The highest BCUT2D eigenvalue weighted by Gasteiger charge is 2.17. The van der Waals surface area contributed by atoms with Gasteiger partial charge in [-0.25, -0.2) is 9.78 Å². The first-order valence-corrected chi connectivity index (χ1v) is 6.88. The van der Waals surface area contributed by atoms with Crippen molar-refractivity contribution < 1.29 is 14.3 Å². The van der Waals surface area contributed by atoms with E-state index in [0.29, 0.717) is 15.0 Å². The van der Waals surface area contributed by atoms with E-state index in [-0.39, 0.29) is 11.6 Å². The molecule has 2 rings (SSSR count). The third-order valence-corrected chi connectivity index (χ3v) is 3.74. The monoisotopic (exact) mass is 340 g/mol. The van der Waals surface area contributed by atoms with Crippen molar-refractivity contribution in [2.24, 2.45) is 0 Å². The minimum absolute atomic E-state index is 0.256. The number of pyridine rings is 1. The zero-order valence-electron chi connectivity index (χ0n) is 9.84. The molecule has 98 valence electrons. The van der Waals surface area contributed by atoms with Crippen LogP contribution in [0.5, 0.6) is 0 Å². The molecule has 0 aromatic carbocycles. The van der Waals surface area contributed by atoms with Gasteiger partial charge in [0.05, 0.1) is 12.7 Å². The van der Waals surface area contributed by atoms with Gasteiger partial charge in [0, 0.05) is 10.7 Å². The van der Waals surface area contributed by atoms with Crippen molar-refractivity contribution in [2.75, 3.05) is 12.4 Å². The number of rotatable bonds is 3. The third kappa shape index (κ3) is 2.99. The highest BCUT2D eigenvalue weighted by atomic mass is 79.9. The second-order valence-electron chi connectivity index (χ2n) is 3.44. The molecule has 2 aromatic heterocycles. The number of carbonyl (C=O) groups excluding carboxylic acids is 2. The first kappa shape index (κ1) is 13.7. The molecular formula is C12H9BrN2O3S. The highest BCUT2D eigenvalue weighted by molar-refractivity contribution is 9.10. The van der Waals surface area contributed by atoms with Crippen molar-refractivity contribution in [1.29, 1.82) is 0 Å². The Kier molecular flexibility index (Phi) is 4.28. The summed E-state index contributed by atoms with van der Waals surface area (Å²) in [5.74, 6) is -0.878. The first-order valence-electron chi connectivity index (χ1n) is 5.21. The van der Waals surface area contributed by atoms with Gasteiger partial charge in [-0.05, 0) is 39.5 Å². The summed E-state index contributed by atoms with van der Waals surface area (Å²) in [4.78, 5) is 27.5. The molecule has 0 aliphatic heterocycles. The largest absolute Gasteiger partial charge is 0.465 e. The number of esters is 1. The van der Waals surface area contributed by atoms with Gasteiger partial charge in [0.2, 0.25) is 0 Å². The number of hydrogen-bond acceptors (Lipinski definition) is 5. The Morgan fingerprint density at radius 3 is 2.89 bits per heavy atom. The average Bonchev–Trinajstić information content (AvgIpc) is 2.86. The molecule has 0 unspecified atom stereocenters. The predicted octanol–water partition coefficient (Wildman–Crippen LogP) is 2.94. The number of aromatic nitrogens is 1. The number of anilines is 1. The number of carbonyl (C=O) groups is 2. The summed E-state index contributed by atoms with van der Waals surface area (Å²) in [7, 11) is 1.29. The maximum absolute atomic E-state index is 12.0. The van der Waals surface area contributed by atoms with Crippen LogP contribution in [0.2, 0.25) is 0 Å². The third-order valence-electron chi connectivity index (χ3n) is 2.27. The zero-order chi connectivity index (χ0) is 13.8. The summed E-state index contributed by atoms with van der Waals surface area (Å²) < 4.78 is 5.22. The van der Waals surface area contributed by atoms with E-state index in [2.05, 4.69) is 31.0 Å².